The van der Waals surface area contributed by atoms with Crippen LogP contribution in [-0.2, 0) is 13.1 Å². The fraction of sp³-hybridized carbons (Fsp3) is 0.238. The minimum absolute atomic E-state index is 0. The second-order valence-corrected chi connectivity index (χ2v) is 5.87. The van der Waals surface area contributed by atoms with E-state index in [1.54, 1.807) is 13.3 Å². The molecule has 1 heterocycles. The molecule has 0 bridgehead atoms. The number of halogens is 1. The van der Waals surface area contributed by atoms with E-state index in [1.165, 1.54) is 0 Å². The van der Waals surface area contributed by atoms with Gasteiger partial charge < -0.3 is 19.8 Å². The number of benzene rings is 2. The lowest BCUT2D eigenvalue weighted by Gasteiger charge is -2.11. The topological polar surface area (TPSA) is 71.7 Å². The third-order valence-corrected chi connectivity index (χ3v) is 3.90. The molecule has 0 atom stereocenters. The summed E-state index contributed by atoms with van der Waals surface area (Å²) in [5.41, 5.74) is 2.90. The Labute approximate surface area is 182 Å². The molecule has 28 heavy (non-hydrogen) atoms. The van der Waals surface area contributed by atoms with Crippen LogP contribution < -0.4 is 15.4 Å². The summed E-state index contributed by atoms with van der Waals surface area (Å²) < 4.78 is 11.1. The molecule has 0 aliphatic rings. The second-order valence-electron chi connectivity index (χ2n) is 5.87. The number of ether oxygens (including phenoxy) is 1. The summed E-state index contributed by atoms with van der Waals surface area (Å²) >= 11 is 0. The Morgan fingerprint density at radius 3 is 2.61 bits per heavy atom. The van der Waals surface area contributed by atoms with Crippen molar-refractivity contribution in [3.63, 3.8) is 0 Å². The van der Waals surface area contributed by atoms with Gasteiger partial charge in [-0.2, -0.15) is 0 Å². The van der Waals surface area contributed by atoms with Crippen molar-refractivity contribution < 1.29 is 9.15 Å². The summed E-state index contributed by atoms with van der Waals surface area (Å²) in [5.74, 6) is 2.18. The van der Waals surface area contributed by atoms with E-state index in [2.05, 4.69) is 20.6 Å². The van der Waals surface area contributed by atoms with Gasteiger partial charge in [-0.05, 0) is 36.8 Å². The zero-order valence-electron chi connectivity index (χ0n) is 16.0. The Bertz CT molecular complexity index is 881. The SMILES string of the molecule is CCOc1cccc(CNC(=NC)NCc2coc(-c3ccccc3)n2)c1.I. The van der Waals surface area contributed by atoms with Crippen LogP contribution in [0.4, 0.5) is 0 Å². The molecule has 0 fully saturated rings. The van der Waals surface area contributed by atoms with Crippen LogP contribution in [-0.4, -0.2) is 24.6 Å². The molecule has 0 unspecified atom stereocenters. The number of nitrogens with zero attached hydrogens (tertiary/aromatic N) is 2. The van der Waals surface area contributed by atoms with E-state index in [0.29, 0.717) is 31.5 Å². The molecule has 0 amide bonds. The number of aliphatic imine (C=N–C) groups is 1. The van der Waals surface area contributed by atoms with E-state index in [1.807, 2.05) is 61.5 Å². The number of nitrogens with one attached hydrogen (secondary N) is 2. The molecular formula is C21H25IN4O2. The van der Waals surface area contributed by atoms with Crippen LogP contribution in [0.3, 0.4) is 0 Å². The number of guanidine groups is 1. The lowest BCUT2D eigenvalue weighted by atomic mass is 10.2. The van der Waals surface area contributed by atoms with Crippen molar-refractivity contribution in [3.8, 4) is 17.2 Å². The van der Waals surface area contributed by atoms with Gasteiger partial charge in [0, 0.05) is 19.2 Å². The molecule has 148 valence electrons. The number of oxazole rings is 1. The first-order chi connectivity index (χ1) is 13.3. The van der Waals surface area contributed by atoms with E-state index < -0.39 is 0 Å². The van der Waals surface area contributed by atoms with Crippen LogP contribution in [0, 0.1) is 0 Å². The van der Waals surface area contributed by atoms with Gasteiger partial charge in [0.2, 0.25) is 5.89 Å². The Hall–Kier alpha value is -2.55. The number of hydrogen-bond donors (Lipinski definition) is 2. The predicted octanol–water partition coefficient (Wildman–Crippen LogP) is 4.22. The smallest absolute Gasteiger partial charge is 0.226 e. The maximum absolute atomic E-state index is 5.56. The van der Waals surface area contributed by atoms with Gasteiger partial charge in [0.15, 0.2) is 5.96 Å². The maximum atomic E-state index is 5.56. The molecule has 1 aromatic heterocycles. The molecule has 3 rings (SSSR count). The Kier molecular flexibility index (Phi) is 8.80. The minimum Gasteiger partial charge on any atom is -0.494 e. The van der Waals surface area contributed by atoms with Gasteiger partial charge in [-0.15, -0.1) is 24.0 Å². The third-order valence-electron chi connectivity index (χ3n) is 3.90. The Morgan fingerprint density at radius 2 is 1.86 bits per heavy atom. The van der Waals surface area contributed by atoms with Crippen molar-refractivity contribution in [3.05, 3.63) is 72.1 Å². The second kappa shape index (κ2) is 11.3. The first-order valence-corrected chi connectivity index (χ1v) is 8.94. The normalized spacial score (nSPS) is 10.9. The summed E-state index contributed by atoms with van der Waals surface area (Å²) in [5, 5.41) is 6.53. The highest BCUT2D eigenvalue weighted by Gasteiger charge is 2.07. The fourth-order valence-corrected chi connectivity index (χ4v) is 2.59. The molecule has 0 aliphatic heterocycles. The van der Waals surface area contributed by atoms with Crippen LogP contribution in [0.1, 0.15) is 18.2 Å². The maximum Gasteiger partial charge on any atom is 0.226 e. The van der Waals surface area contributed by atoms with Crippen LogP contribution in [0.5, 0.6) is 5.75 Å². The van der Waals surface area contributed by atoms with E-state index in [9.17, 15) is 0 Å². The zero-order valence-corrected chi connectivity index (χ0v) is 18.3. The van der Waals surface area contributed by atoms with Gasteiger partial charge in [-0.25, -0.2) is 4.98 Å². The predicted molar refractivity (Wildman–Crippen MR) is 122 cm³/mol. The first kappa shape index (κ1) is 21.7. The molecule has 0 aliphatic carbocycles. The fourth-order valence-electron chi connectivity index (χ4n) is 2.59. The summed E-state index contributed by atoms with van der Waals surface area (Å²) in [6.07, 6.45) is 1.66. The molecule has 0 spiro atoms. The lowest BCUT2D eigenvalue weighted by molar-refractivity contribution is 0.340. The van der Waals surface area contributed by atoms with Crippen LogP contribution in [0.2, 0.25) is 0 Å². The Balaban J connectivity index is 0.00000280. The van der Waals surface area contributed by atoms with Crippen molar-refractivity contribution in [2.45, 2.75) is 20.0 Å². The third kappa shape index (κ3) is 6.26. The van der Waals surface area contributed by atoms with Gasteiger partial charge in [0.05, 0.1) is 18.8 Å². The largest absolute Gasteiger partial charge is 0.494 e. The summed E-state index contributed by atoms with van der Waals surface area (Å²) in [6.45, 7) is 3.80. The number of aromatic nitrogens is 1. The van der Waals surface area contributed by atoms with Crippen molar-refractivity contribution in [2.24, 2.45) is 4.99 Å². The average molecular weight is 492 g/mol. The van der Waals surface area contributed by atoms with Crippen molar-refractivity contribution >= 4 is 29.9 Å². The Morgan fingerprint density at radius 1 is 1.07 bits per heavy atom. The number of rotatable bonds is 7. The molecule has 7 heteroatoms. The quantitative estimate of drug-likeness (QED) is 0.294. The van der Waals surface area contributed by atoms with Gasteiger partial charge in [-0.1, -0.05) is 30.3 Å². The molecule has 3 aromatic rings. The van der Waals surface area contributed by atoms with E-state index in [0.717, 1.165) is 22.6 Å². The molecule has 0 radical (unpaired) electrons. The minimum atomic E-state index is 0. The van der Waals surface area contributed by atoms with Gasteiger partial charge in [0.1, 0.15) is 12.0 Å². The van der Waals surface area contributed by atoms with Crippen LogP contribution in [0.25, 0.3) is 11.5 Å². The van der Waals surface area contributed by atoms with Crippen molar-refractivity contribution in [1.29, 1.82) is 0 Å². The van der Waals surface area contributed by atoms with Crippen molar-refractivity contribution in [1.82, 2.24) is 15.6 Å². The standard InChI is InChI=1S/C21H24N4O2.HI/c1-3-26-19-11-7-8-16(12-19)13-23-21(22-2)24-14-18-15-27-20(25-18)17-9-5-4-6-10-17;/h4-12,15H,3,13-14H2,1-2H3,(H2,22,23,24);1H. The van der Waals surface area contributed by atoms with Gasteiger partial charge >= 0.3 is 0 Å². The first-order valence-electron chi connectivity index (χ1n) is 8.94. The molecule has 0 saturated carbocycles. The molecule has 0 saturated heterocycles. The van der Waals surface area contributed by atoms with E-state index >= 15 is 0 Å². The summed E-state index contributed by atoms with van der Waals surface area (Å²) in [6, 6.07) is 17.8. The lowest BCUT2D eigenvalue weighted by Crippen LogP contribution is -2.36. The number of hydrogen-bond acceptors (Lipinski definition) is 4. The zero-order chi connectivity index (χ0) is 18.9. The van der Waals surface area contributed by atoms with Gasteiger partial charge in [-0.3, -0.25) is 4.99 Å². The average Bonchev–Trinajstić information content (AvgIpc) is 3.18. The van der Waals surface area contributed by atoms with E-state index in [4.69, 9.17) is 9.15 Å². The van der Waals surface area contributed by atoms with Crippen molar-refractivity contribution in [2.75, 3.05) is 13.7 Å². The summed E-state index contributed by atoms with van der Waals surface area (Å²) in [4.78, 5) is 8.76. The monoisotopic (exact) mass is 492 g/mol. The highest BCUT2D eigenvalue weighted by Crippen LogP contribution is 2.17. The molecule has 6 nitrogen and oxygen atoms in total. The highest BCUT2D eigenvalue weighted by atomic mass is 127. The summed E-state index contributed by atoms with van der Waals surface area (Å²) in [7, 11) is 1.74. The molecule has 2 aromatic carbocycles. The van der Waals surface area contributed by atoms with Crippen LogP contribution in [0.15, 0.2) is 70.3 Å². The van der Waals surface area contributed by atoms with Gasteiger partial charge in [0.25, 0.3) is 0 Å². The van der Waals surface area contributed by atoms with E-state index in [-0.39, 0.29) is 24.0 Å². The molecule has 2 N–H and O–H groups in total. The molecular weight excluding hydrogens is 467 g/mol. The highest BCUT2D eigenvalue weighted by molar-refractivity contribution is 14.0. The van der Waals surface area contributed by atoms with Crippen LogP contribution >= 0.6 is 24.0 Å².